The van der Waals surface area contributed by atoms with E-state index in [2.05, 4.69) is 5.32 Å². The van der Waals surface area contributed by atoms with E-state index in [0.717, 1.165) is 19.5 Å². The summed E-state index contributed by atoms with van der Waals surface area (Å²) < 4.78 is 18.4. The van der Waals surface area contributed by atoms with Crippen molar-refractivity contribution in [1.29, 1.82) is 0 Å². The minimum Gasteiger partial charge on any atom is -0.444 e. The fraction of sp³-hybridized carbons (Fsp3) is 0.923. The molecule has 19 heavy (non-hydrogen) atoms. The molecule has 1 spiro atoms. The van der Waals surface area contributed by atoms with Crippen LogP contribution in [-0.2, 0) is 4.74 Å². The first-order valence-corrected chi connectivity index (χ1v) is 6.61. The predicted octanol–water partition coefficient (Wildman–Crippen LogP) is 2.22. The van der Waals surface area contributed by atoms with Crippen LogP contribution >= 0.6 is 12.4 Å². The first kappa shape index (κ1) is 16.5. The van der Waals surface area contributed by atoms with E-state index in [4.69, 9.17) is 4.74 Å². The predicted molar refractivity (Wildman–Crippen MR) is 74.4 cm³/mol. The minimum atomic E-state index is -0.472. The van der Waals surface area contributed by atoms with E-state index in [9.17, 15) is 9.18 Å². The normalized spacial score (nSPS) is 30.5. The van der Waals surface area contributed by atoms with Crippen molar-refractivity contribution in [2.24, 2.45) is 11.3 Å². The zero-order valence-corrected chi connectivity index (χ0v) is 12.7. The number of ether oxygens (including phenoxy) is 1. The van der Waals surface area contributed by atoms with Crippen LogP contribution in [0.2, 0.25) is 0 Å². The highest BCUT2D eigenvalue weighted by atomic mass is 35.5. The molecular weight excluding hydrogens is 271 g/mol. The Bertz CT molecular complexity index is 335. The third kappa shape index (κ3) is 3.51. The molecule has 0 aromatic carbocycles. The average Bonchev–Trinajstić information content (AvgIpc) is 2.84. The van der Waals surface area contributed by atoms with Crippen LogP contribution in [-0.4, -0.2) is 49.4 Å². The monoisotopic (exact) mass is 294 g/mol. The lowest BCUT2D eigenvalue weighted by molar-refractivity contribution is 0.0264. The Balaban J connectivity index is 0.00000180. The summed E-state index contributed by atoms with van der Waals surface area (Å²) in [7, 11) is 0. The lowest BCUT2D eigenvalue weighted by atomic mass is 9.78. The second kappa shape index (κ2) is 5.83. The molecule has 2 heterocycles. The number of halogens is 2. The van der Waals surface area contributed by atoms with Gasteiger partial charge in [0, 0.05) is 37.5 Å². The number of hydrogen-bond acceptors (Lipinski definition) is 3. The summed E-state index contributed by atoms with van der Waals surface area (Å²) in [5, 5.41) is 3.24. The Hall–Kier alpha value is -0.550. The fourth-order valence-electron chi connectivity index (χ4n) is 2.93. The first-order valence-electron chi connectivity index (χ1n) is 6.61. The Morgan fingerprint density at radius 2 is 2.21 bits per heavy atom. The zero-order chi connectivity index (χ0) is 13.4. The molecule has 0 saturated carbocycles. The van der Waals surface area contributed by atoms with Gasteiger partial charge in [0.2, 0.25) is 0 Å². The molecule has 0 aromatic rings. The molecule has 2 rings (SSSR count). The maximum atomic E-state index is 13.0. The molecule has 2 saturated heterocycles. The zero-order valence-electron chi connectivity index (χ0n) is 11.9. The maximum absolute atomic E-state index is 13.0. The number of nitrogens with zero attached hydrogens (tertiary/aromatic N) is 1. The molecule has 0 aromatic heterocycles. The van der Waals surface area contributed by atoms with Gasteiger partial charge in [0.15, 0.2) is 0 Å². The maximum Gasteiger partial charge on any atom is 0.410 e. The highest BCUT2D eigenvalue weighted by Gasteiger charge is 2.49. The van der Waals surface area contributed by atoms with E-state index in [-0.39, 0.29) is 36.5 Å². The van der Waals surface area contributed by atoms with E-state index < -0.39 is 5.60 Å². The molecule has 0 bridgehead atoms. The summed E-state index contributed by atoms with van der Waals surface area (Å²) in [6, 6.07) is 0. The first-order chi connectivity index (χ1) is 8.36. The summed E-state index contributed by atoms with van der Waals surface area (Å²) in [5.74, 6) is 0.0323. The van der Waals surface area contributed by atoms with Crippen molar-refractivity contribution in [2.75, 3.05) is 32.9 Å². The van der Waals surface area contributed by atoms with Crippen LogP contribution in [0.4, 0.5) is 9.18 Å². The summed E-state index contributed by atoms with van der Waals surface area (Å²) in [4.78, 5) is 13.7. The van der Waals surface area contributed by atoms with Crippen molar-refractivity contribution in [3.05, 3.63) is 0 Å². The van der Waals surface area contributed by atoms with E-state index in [1.807, 2.05) is 20.8 Å². The van der Waals surface area contributed by atoms with Crippen LogP contribution < -0.4 is 5.32 Å². The largest absolute Gasteiger partial charge is 0.444 e. The van der Waals surface area contributed by atoms with Gasteiger partial charge in [-0.25, -0.2) is 4.79 Å². The van der Waals surface area contributed by atoms with Gasteiger partial charge in [0.25, 0.3) is 0 Å². The molecule has 4 nitrogen and oxygen atoms in total. The van der Waals surface area contributed by atoms with Crippen molar-refractivity contribution in [3.8, 4) is 0 Å². The average molecular weight is 295 g/mol. The number of amides is 1. The van der Waals surface area contributed by atoms with Crippen LogP contribution in [0.1, 0.15) is 27.2 Å². The molecule has 2 unspecified atom stereocenters. The van der Waals surface area contributed by atoms with E-state index in [1.165, 1.54) is 0 Å². The molecular formula is C13H24ClFN2O2. The second-order valence-electron chi connectivity index (χ2n) is 6.50. The standard InChI is InChI=1S/C13H23FN2O2.ClH/c1-12(2,3)18-11(17)16-5-4-13(9-16)8-15-7-10(13)6-14;/h10,15H,4-9H2,1-3H3;1H. The van der Waals surface area contributed by atoms with Crippen LogP contribution in [0, 0.1) is 11.3 Å². The SMILES string of the molecule is CC(C)(C)OC(=O)N1CCC2(CNCC2CF)C1.Cl. The van der Waals surface area contributed by atoms with E-state index in [1.54, 1.807) is 4.90 Å². The fourth-order valence-corrected chi connectivity index (χ4v) is 2.93. The Labute approximate surface area is 120 Å². The molecule has 0 radical (unpaired) electrons. The highest BCUT2D eigenvalue weighted by molar-refractivity contribution is 5.85. The van der Waals surface area contributed by atoms with Gasteiger partial charge in [-0.05, 0) is 27.2 Å². The summed E-state index contributed by atoms with van der Waals surface area (Å²) in [5.41, 5.74) is -0.550. The number of rotatable bonds is 1. The lowest BCUT2D eigenvalue weighted by Gasteiger charge is -2.29. The highest BCUT2D eigenvalue weighted by Crippen LogP contribution is 2.41. The van der Waals surface area contributed by atoms with Gasteiger partial charge in [0.1, 0.15) is 5.60 Å². The van der Waals surface area contributed by atoms with Gasteiger partial charge in [-0.2, -0.15) is 0 Å². The topological polar surface area (TPSA) is 41.6 Å². The molecule has 2 aliphatic rings. The van der Waals surface area contributed by atoms with Crippen LogP contribution in [0.3, 0.4) is 0 Å². The van der Waals surface area contributed by atoms with Crippen molar-refractivity contribution in [1.82, 2.24) is 10.2 Å². The number of likely N-dealkylation sites (tertiary alicyclic amines) is 1. The van der Waals surface area contributed by atoms with Crippen LogP contribution in [0.5, 0.6) is 0 Å². The number of alkyl halides is 1. The summed E-state index contributed by atoms with van der Waals surface area (Å²) >= 11 is 0. The summed E-state index contributed by atoms with van der Waals surface area (Å²) in [6.45, 7) is 8.08. The van der Waals surface area contributed by atoms with Crippen molar-refractivity contribution >= 4 is 18.5 Å². The van der Waals surface area contributed by atoms with Crippen molar-refractivity contribution in [2.45, 2.75) is 32.8 Å². The molecule has 112 valence electrons. The number of nitrogens with one attached hydrogen (secondary N) is 1. The van der Waals surface area contributed by atoms with Gasteiger partial charge in [-0.15, -0.1) is 12.4 Å². The third-order valence-electron chi connectivity index (χ3n) is 3.96. The van der Waals surface area contributed by atoms with E-state index in [0.29, 0.717) is 13.1 Å². The smallest absolute Gasteiger partial charge is 0.410 e. The van der Waals surface area contributed by atoms with Gasteiger partial charge in [0.05, 0.1) is 6.67 Å². The van der Waals surface area contributed by atoms with Gasteiger partial charge in [-0.1, -0.05) is 0 Å². The lowest BCUT2D eigenvalue weighted by Crippen LogP contribution is -2.39. The van der Waals surface area contributed by atoms with Gasteiger partial charge >= 0.3 is 6.09 Å². The van der Waals surface area contributed by atoms with Gasteiger partial charge < -0.3 is 15.0 Å². The number of carbonyl (C=O) groups excluding carboxylic acids is 1. The molecule has 2 atom stereocenters. The summed E-state index contributed by atoms with van der Waals surface area (Å²) in [6.07, 6.45) is 0.595. The quantitative estimate of drug-likeness (QED) is 0.806. The molecule has 2 aliphatic heterocycles. The van der Waals surface area contributed by atoms with Crippen LogP contribution in [0.15, 0.2) is 0 Å². The third-order valence-corrected chi connectivity index (χ3v) is 3.96. The van der Waals surface area contributed by atoms with Crippen LogP contribution in [0.25, 0.3) is 0 Å². The van der Waals surface area contributed by atoms with E-state index >= 15 is 0 Å². The molecule has 6 heteroatoms. The Morgan fingerprint density at radius 3 is 2.79 bits per heavy atom. The number of carbonyl (C=O) groups is 1. The number of hydrogen-bond donors (Lipinski definition) is 1. The minimum absolute atomic E-state index is 0. The second-order valence-corrected chi connectivity index (χ2v) is 6.50. The van der Waals surface area contributed by atoms with Gasteiger partial charge in [-0.3, -0.25) is 4.39 Å². The molecule has 1 N–H and O–H groups in total. The van der Waals surface area contributed by atoms with Crippen molar-refractivity contribution < 1.29 is 13.9 Å². The molecule has 1 amide bonds. The van der Waals surface area contributed by atoms with Crippen molar-refractivity contribution in [3.63, 3.8) is 0 Å². The molecule has 2 fully saturated rings. The Kier molecular flexibility index (Phi) is 5.07. The molecule has 0 aliphatic carbocycles. The Morgan fingerprint density at radius 1 is 1.53 bits per heavy atom.